The molecule has 2 fully saturated rings. The Bertz CT molecular complexity index is 404. The van der Waals surface area contributed by atoms with E-state index in [9.17, 15) is 19.8 Å². The van der Waals surface area contributed by atoms with Crippen LogP contribution in [-0.2, 0) is 9.53 Å². The van der Waals surface area contributed by atoms with E-state index in [-0.39, 0.29) is 24.6 Å². The summed E-state index contributed by atoms with van der Waals surface area (Å²) in [7, 11) is 3.05. The van der Waals surface area contributed by atoms with E-state index >= 15 is 0 Å². The van der Waals surface area contributed by atoms with Crippen molar-refractivity contribution >= 4 is 23.8 Å². The lowest BCUT2D eigenvalue weighted by Crippen LogP contribution is -2.52. The second-order valence-electron chi connectivity index (χ2n) is 5.59. The highest BCUT2D eigenvalue weighted by Gasteiger charge is 2.48. The first-order chi connectivity index (χ1) is 9.95. The van der Waals surface area contributed by atoms with Gasteiger partial charge < -0.3 is 19.8 Å². The second-order valence-corrected chi connectivity index (χ2v) is 6.74. The van der Waals surface area contributed by atoms with E-state index < -0.39 is 18.1 Å². The molecule has 21 heavy (non-hydrogen) atoms. The maximum Gasteiger partial charge on any atom is 0.327 e. The van der Waals surface area contributed by atoms with Gasteiger partial charge in [0, 0.05) is 19.9 Å². The normalized spacial score (nSPS) is 26.7. The van der Waals surface area contributed by atoms with E-state index in [0.29, 0.717) is 11.7 Å². The molecule has 1 aliphatic carbocycles. The Hall–Kier alpha value is -0.990. The van der Waals surface area contributed by atoms with Crippen LogP contribution in [0.1, 0.15) is 12.8 Å². The highest BCUT2D eigenvalue weighted by molar-refractivity contribution is 8.00. The van der Waals surface area contributed by atoms with Crippen LogP contribution in [0.2, 0.25) is 0 Å². The van der Waals surface area contributed by atoms with Crippen LogP contribution in [0.15, 0.2) is 0 Å². The molecule has 2 amide bonds. The Morgan fingerprint density at radius 3 is 2.67 bits per heavy atom. The standard InChI is InChI=1S/C13H22N2O5S/c1-14(5-9(16)6-20-2)13(19)15-10(12(17)18)7-21-11(15)8-3-4-8/h8-11,16H,3-7H2,1-2H3,(H,17,18). The summed E-state index contributed by atoms with van der Waals surface area (Å²) in [6, 6.07) is -1.12. The summed E-state index contributed by atoms with van der Waals surface area (Å²) in [5.74, 6) is -0.137. The molecule has 0 spiro atoms. The summed E-state index contributed by atoms with van der Waals surface area (Å²) in [6.07, 6.45) is 1.31. The number of rotatable bonds is 6. The van der Waals surface area contributed by atoms with Crippen LogP contribution in [0.4, 0.5) is 4.79 Å². The van der Waals surface area contributed by atoms with Crippen molar-refractivity contribution in [2.75, 3.05) is 33.1 Å². The van der Waals surface area contributed by atoms with Crippen LogP contribution in [0.5, 0.6) is 0 Å². The Labute approximate surface area is 128 Å². The zero-order valence-electron chi connectivity index (χ0n) is 12.3. The minimum Gasteiger partial charge on any atom is -0.480 e. The molecule has 7 nitrogen and oxygen atoms in total. The highest BCUT2D eigenvalue weighted by atomic mass is 32.2. The number of urea groups is 1. The lowest BCUT2D eigenvalue weighted by molar-refractivity contribution is -0.141. The number of carboxylic acids is 1. The van der Waals surface area contributed by atoms with Crippen molar-refractivity contribution in [3.8, 4) is 0 Å². The monoisotopic (exact) mass is 318 g/mol. The summed E-state index contributed by atoms with van der Waals surface area (Å²) in [6.45, 7) is 0.262. The SMILES string of the molecule is COCC(O)CN(C)C(=O)N1C(C(=O)O)CSC1C1CC1. The van der Waals surface area contributed by atoms with E-state index in [2.05, 4.69) is 0 Å². The molecule has 8 heteroatoms. The van der Waals surface area contributed by atoms with Gasteiger partial charge in [0.1, 0.15) is 6.04 Å². The van der Waals surface area contributed by atoms with E-state index in [1.165, 1.54) is 16.9 Å². The lowest BCUT2D eigenvalue weighted by Gasteiger charge is -2.32. The molecule has 2 N–H and O–H groups in total. The minimum atomic E-state index is -0.968. The smallest absolute Gasteiger partial charge is 0.327 e. The number of likely N-dealkylation sites (N-methyl/N-ethyl adjacent to an activating group) is 1. The number of carbonyl (C=O) groups is 2. The van der Waals surface area contributed by atoms with Gasteiger partial charge in [0.25, 0.3) is 0 Å². The fourth-order valence-electron chi connectivity index (χ4n) is 2.54. The molecule has 3 atom stereocenters. The van der Waals surface area contributed by atoms with Gasteiger partial charge in [0.05, 0.1) is 24.6 Å². The van der Waals surface area contributed by atoms with Crippen molar-refractivity contribution in [3.05, 3.63) is 0 Å². The van der Waals surface area contributed by atoms with Crippen molar-refractivity contribution in [3.63, 3.8) is 0 Å². The summed E-state index contributed by atoms with van der Waals surface area (Å²) in [5, 5.41) is 19.0. The van der Waals surface area contributed by atoms with Gasteiger partial charge in [-0.15, -0.1) is 11.8 Å². The quantitative estimate of drug-likeness (QED) is 0.731. The molecule has 1 saturated carbocycles. The lowest BCUT2D eigenvalue weighted by atomic mass is 10.2. The fourth-order valence-corrected chi connectivity index (χ4v) is 4.17. The fraction of sp³-hybridized carbons (Fsp3) is 0.846. The molecule has 120 valence electrons. The van der Waals surface area contributed by atoms with Crippen LogP contribution >= 0.6 is 11.8 Å². The molecule has 2 aliphatic rings. The minimum absolute atomic E-state index is 0.0550. The number of aliphatic carboxylic acids is 1. The summed E-state index contributed by atoms with van der Waals surface area (Å²) in [5.41, 5.74) is 0. The molecule has 0 radical (unpaired) electrons. The topological polar surface area (TPSA) is 90.3 Å². The van der Waals surface area contributed by atoms with Crippen LogP contribution in [0.25, 0.3) is 0 Å². The van der Waals surface area contributed by atoms with Gasteiger partial charge in [-0.2, -0.15) is 0 Å². The number of nitrogens with zero attached hydrogens (tertiary/aromatic N) is 2. The maximum atomic E-state index is 12.6. The van der Waals surface area contributed by atoms with Crippen LogP contribution in [-0.4, -0.2) is 82.6 Å². The third-order valence-electron chi connectivity index (χ3n) is 3.74. The molecule has 0 aromatic heterocycles. The summed E-state index contributed by atoms with van der Waals surface area (Å²) < 4.78 is 4.84. The Balaban J connectivity index is 2.03. The predicted octanol–water partition coefficient (Wildman–Crippen LogP) is 0.284. The molecule has 0 bridgehead atoms. The van der Waals surface area contributed by atoms with Gasteiger partial charge in [-0.25, -0.2) is 9.59 Å². The molecule has 0 aromatic carbocycles. The first-order valence-corrected chi connectivity index (χ1v) is 8.05. The third-order valence-corrected chi connectivity index (χ3v) is 5.20. The first-order valence-electron chi connectivity index (χ1n) is 7.00. The molecular formula is C13H22N2O5S. The summed E-state index contributed by atoms with van der Waals surface area (Å²) in [4.78, 5) is 26.8. The van der Waals surface area contributed by atoms with Gasteiger partial charge in [-0.3, -0.25) is 4.90 Å². The number of hydrogen-bond donors (Lipinski definition) is 2. The summed E-state index contributed by atoms with van der Waals surface area (Å²) >= 11 is 1.54. The average Bonchev–Trinajstić information content (AvgIpc) is 3.16. The number of aliphatic hydroxyl groups is 1. The largest absolute Gasteiger partial charge is 0.480 e. The number of ether oxygens (including phenoxy) is 1. The zero-order chi connectivity index (χ0) is 15.6. The van der Waals surface area contributed by atoms with E-state index in [4.69, 9.17) is 4.74 Å². The maximum absolute atomic E-state index is 12.6. The highest BCUT2D eigenvalue weighted by Crippen LogP contribution is 2.45. The van der Waals surface area contributed by atoms with Crippen LogP contribution in [0, 0.1) is 5.92 Å². The number of amides is 2. The van der Waals surface area contributed by atoms with Gasteiger partial charge in [-0.1, -0.05) is 0 Å². The molecule has 1 heterocycles. The van der Waals surface area contributed by atoms with Gasteiger partial charge in [0.15, 0.2) is 0 Å². The van der Waals surface area contributed by atoms with E-state index in [0.717, 1.165) is 12.8 Å². The average molecular weight is 318 g/mol. The molecule has 1 saturated heterocycles. The zero-order valence-corrected chi connectivity index (χ0v) is 13.1. The van der Waals surface area contributed by atoms with Crippen molar-refractivity contribution in [1.82, 2.24) is 9.80 Å². The van der Waals surface area contributed by atoms with Crippen LogP contribution in [0.3, 0.4) is 0 Å². The van der Waals surface area contributed by atoms with Crippen molar-refractivity contribution in [2.45, 2.75) is 30.4 Å². The third kappa shape index (κ3) is 3.81. The van der Waals surface area contributed by atoms with Crippen molar-refractivity contribution in [2.24, 2.45) is 5.92 Å². The van der Waals surface area contributed by atoms with E-state index in [1.807, 2.05) is 0 Å². The molecule has 1 aliphatic heterocycles. The number of carbonyl (C=O) groups excluding carboxylic acids is 1. The Kier molecular flexibility index (Phi) is 5.34. The number of aliphatic hydroxyl groups excluding tert-OH is 1. The van der Waals surface area contributed by atoms with Crippen molar-refractivity contribution in [1.29, 1.82) is 0 Å². The molecule has 2 rings (SSSR count). The van der Waals surface area contributed by atoms with Crippen molar-refractivity contribution < 1.29 is 24.5 Å². The van der Waals surface area contributed by atoms with Gasteiger partial charge in [-0.05, 0) is 18.8 Å². The van der Waals surface area contributed by atoms with Gasteiger partial charge >= 0.3 is 12.0 Å². The number of thioether (sulfide) groups is 1. The number of hydrogen-bond acceptors (Lipinski definition) is 5. The Morgan fingerprint density at radius 2 is 2.14 bits per heavy atom. The van der Waals surface area contributed by atoms with Crippen LogP contribution < -0.4 is 0 Å². The Morgan fingerprint density at radius 1 is 1.48 bits per heavy atom. The van der Waals surface area contributed by atoms with E-state index in [1.54, 1.807) is 18.8 Å². The predicted molar refractivity (Wildman–Crippen MR) is 78.1 cm³/mol. The first kappa shape index (κ1) is 16.4. The number of methoxy groups -OCH3 is 1. The molecule has 3 unspecified atom stereocenters. The second kappa shape index (κ2) is 6.85. The molecule has 0 aromatic rings. The van der Waals surface area contributed by atoms with Gasteiger partial charge in [0.2, 0.25) is 0 Å². The number of carboxylic acid groups (broad SMARTS) is 1. The molecular weight excluding hydrogens is 296 g/mol.